The number of amides is 1. The number of morpholine rings is 1. The summed E-state index contributed by atoms with van der Waals surface area (Å²) in [5.74, 6) is 1.02. The Morgan fingerprint density at radius 3 is 3.19 bits per heavy atom. The van der Waals surface area contributed by atoms with E-state index in [1.165, 1.54) is 11.1 Å². The van der Waals surface area contributed by atoms with Crippen molar-refractivity contribution in [1.82, 2.24) is 10.6 Å². The molecule has 0 saturated carbocycles. The number of carbonyl (C=O) groups is 1. The largest absolute Gasteiger partial charge is 0.493 e. The van der Waals surface area contributed by atoms with E-state index in [4.69, 9.17) is 9.47 Å². The van der Waals surface area contributed by atoms with Gasteiger partial charge in [-0.05, 0) is 30.5 Å². The van der Waals surface area contributed by atoms with Crippen LogP contribution in [-0.2, 0) is 22.4 Å². The number of rotatable bonds is 4. The number of carbonyl (C=O) groups excluding carboxylic acids is 1. The number of ether oxygens (including phenoxy) is 2. The smallest absolute Gasteiger partial charge is 0.239 e. The first-order chi connectivity index (χ1) is 10.2. The van der Waals surface area contributed by atoms with Crippen LogP contribution < -0.4 is 15.4 Å². The fourth-order valence-corrected chi connectivity index (χ4v) is 2.86. The molecule has 0 spiro atoms. The molecule has 0 unspecified atom stereocenters. The molecular weight excluding hydrogens is 268 g/mol. The first-order valence-electron chi connectivity index (χ1n) is 7.61. The summed E-state index contributed by atoms with van der Waals surface area (Å²) in [6.07, 6.45) is 1.74. The zero-order valence-corrected chi connectivity index (χ0v) is 12.4. The Morgan fingerprint density at radius 2 is 2.33 bits per heavy atom. The van der Waals surface area contributed by atoms with E-state index < -0.39 is 0 Å². The maximum Gasteiger partial charge on any atom is 0.239 e. The van der Waals surface area contributed by atoms with Crippen LogP contribution in [0.15, 0.2) is 18.2 Å². The number of hydrogen-bond acceptors (Lipinski definition) is 4. The lowest BCUT2D eigenvalue weighted by molar-refractivity contribution is -0.128. The van der Waals surface area contributed by atoms with E-state index in [0.717, 1.165) is 31.7 Å². The van der Waals surface area contributed by atoms with E-state index in [1.54, 1.807) is 0 Å². The zero-order chi connectivity index (χ0) is 14.7. The van der Waals surface area contributed by atoms with Gasteiger partial charge in [0.15, 0.2) is 0 Å². The summed E-state index contributed by atoms with van der Waals surface area (Å²) in [5, 5.41) is 6.18. The van der Waals surface area contributed by atoms with Crippen LogP contribution in [0.3, 0.4) is 0 Å². The van der Waals surface area contributed by atoms with E-state index in [-0.39, 0.29) is 18.1 Å². The highest BCUT2D eigenvalue weighted by atomic mass is 16.5. The molecule has 1 aromatic carbocycles. The van der Waals surface area contributed by atoms with Gasteiger partial charge in [-0.25, -0.2) is 0 Å². The lowest BCUT2D eigenvalue weighted by Gasteiger charge is -2.29. The number of nitrogens with one attached hydrogen (secondary N) is 2. The number of fused-ring (bicyclic) bond motifs is 1. The predicted molar refractivity (Wildman–Crippen MR) is 79.6 cm³/mol. The minimum Gasteiger partial charge on any atom is -0.493 e. The van der Waals surface area contributed by atoms with E-state index in [2.05, 4.69) is 22.8 Å². The van der Waals surface area contributed by atoms with Crippen LogP contribution in [0.5, 0.6) is 5.75 Å². The monoisotopic (exact) mass is 290 g/mol. The summed E-state index contributed by atoms with van der Waals surface area (Å²) >= 11 is 0. The standard InChI is InChI=1S/C16H22N2O3/c1-11-15(17-7-9-20-11)16(19)18-6-4-12-2-3-14-13(10-12)5-8-21-14/h2-3,10-11,15,17H,4-9H2,1H3,(H,18,19)/t11-,15+/m1/s1. The van der Waals surface area contributed by atoms with Gasteiger partial charge in [0.25, 0.3) is 0 Å². The summed E-state index contributed by atoms with van der Waals surface area (Å²) in [5.41, 5.74) is 2.51. The van der Waals surface area contributed by atoms with Crippen molar-refractivity contribution in [3.05, 3.63) is 29.3 Å². The minimum absolute atomic E-state index is 0.0201. The molecule has 1 fully saturated rings. The van der Waals surface area contributed by atoms with Gasteiger partial charge in [0.2, 0.25) is 5.91 Å². The normalized spacial score (nSPS) is 24.2. The molecule has 1 amide bonds. The van der Waals surface area contributed by atoms with Gasteiger partial charge in [0, 0.05) is 19.5 Å². The van der Waals surface area contributed by atoms with Crippen molar-refractivity contribution < 1.29 is 14.3 Å². The molecule has 21 heavy (non-hydrogen) atoms. The summed E-state index contributed by atoms with van der Waals surface area (Å²) in [6, 6.07) is 6.03. The summed E-state index contributed by atoms with van der Waals surface area (Å²) < 4.78 is 11.0. The van der Waals surface area contributed by atoms with Gasteiger partial charge < -0.3 is 20.1 Å². The highest BCUT2D eigenvalue weighted by Gasteiger charge is 2.27. The van der Waals surface area contributed by atoms with E-state index in [9.17, 15) is 4.79 Å². The lowest BCUT2D eigenvalue weighted by atomic mass is 10.1. The quantitative estimate of drug-likeness (QED) is 0.855. The molecule has 0 radical (unpaired) electrons. The van der Waals surface area contributed by atoms with Crippen LogP contribution in [0.4, 0.5) is 0 Å². The van der Waals surface area contributed by atoms with Crippen LogP contribution in [0.2, 0.25) is 0 Å². The summed E-state index contributed by atoms with van der Waals surface area (Å²) in [4.78, 5) is 12.1. The molecule has 0 aromatic heterocycles. The van der Waals surface area contributed by atoms with Crippen molar-refractivity contribution in [1.29, 1.82) is 0 Å². The van der Waals surface area contributed by atoms with Crippen LogP contribution in [0.25, 0.3) is 0 Å². The molecule has 2 N–H and O–H groups in total. The van der Waals surface area contributed by atoms with Gasteiger partial charge in [0.05, 0.1) is 19.3 Å². The third-order valence-electron chi connectivity index (χ3n) is 4.07. The Kier molecular flexibility index (Phi) is 4.41. The Balaban J connectivity index is 1.48. The third kappa shape index (κ3) is 3.36. The molecule has 0 bridgehead atoms. The summed E-state index contributed by atoms with van der Waals surface area (Å²) in [6.45, 7) is 4.75. The maximum atomic E-state index is 12.1. The van der Waals surface area contributed by atoms with Gasteiger partial charge in [0.1, 0.15) is 11.8 Å². The zero-order valence-electron chi connectivity index (χ0n) is 12.4. The van der Waals surface area contributed by atoms with Crippen LogP contribution >= 0.6 is 0 Å². The molecule has 2 atom stereocenters. The third-order valence-corrected chi connectivity index (χ3v) is 4.07. The molecule has 2 aliphatic rings. The fourth-order valence-electron chi connectivity index (χ4n) is 2.86. The van der Waals surface area contributed by atoms with Crippen LogP contribution in [-0.4, -0.2) is 44.4 Å². The molecule has 0 aliphatic carbocycles. The van der Waals surface area contributed by atoms with E-state index in [1.807, 2.05) is 13.0 Å². The SMILES string of the molecule is C[C@H]1OCCN[C@@H]1C(=O)NCCc1ccc2c(c1)CCO2. The average molecular weight is 290 g/mol. The Morgan fingerprint density at radius 1 is 1.43 bits per heavy atom. The predicted octanol–water partition coefficient (Wildman–Crippen LogP) is 0.657. The minimum atomic E-state index is -0.243. The molecule has 114 valence electrons. The fraction of sp³-hybridized carbons (Fsp3) is 0.562. The highest BCUT2D eigenvalue weighted by molar-refractivity contribution is 5.82. The van der Waals surface area contributed by atoms with Gasteiger partial charge in [-0.3, -0.25) is 4.79 Å². The van der Waals surface area contributed by atoms with Crippen molar-refractivity contribution in [3.63, 3.8) is 0 Å². The van der Waals surface area contributed by atoms with Crippen LogP contribution in [0.1, 0.15) is 18.1 Å². The molecule has 1 aromatic rings. The maximum absolute atomic E-state index is 12.1. The second-order valence-corrected chi connectivity index (χ2v) is 5.59. The van der Waals surface area contributed by atoms with Crippen molar-refractivity contribution in [2.24, 2.45) is 0 Å². The Bertz CT molecular complexity index is 518. The lowest BCUT2D eigenvalue weighted by Crippen LogP contribution is -2.55. The van der Waals surface area contributed by atoms with Gasteiger partial charge in [-0.1, -0.05) is 12.1 Å². The van der Waals surface area contributed by atoms with Crippen LogP contribution in [0, 0.1) is 0 Å². The number of hydrogen-bond donors (Lipinski definition) is 2. The molecule has 5 heteroatoms. The average Bonchev–Trinajstić information content (AvgIpc) is 2.95. The topological polar surface area (TPSA) is 59.6 Å². The van der Waals surface area contributed by atoms with Crippen molar-refractivity contribution >= 4 is 5.91 Å². The molecule has 2 heterocycles. The Labute approximate surface area is 125 Å². The highest BCUT2D eigenvalue weighted by Crippen LogP contribution is 2.25. The van der Waals surface area contributed by atoms with Gasteiger partial charge in [-0.2, -0.15) is 0 Å². The first-order valence-corrected chi connectivity index (χ1v) is 7.61. The van der Waals surface area contributed by atoms with Crippen molar-refractivity contribution in [2.45, 2.75) is 31.9 Å². The van der Waals surface area contributed by atoms with E-state index in [0.29, 0.717) is 13.2 Å². The van der Waals surface area contributed by atoms with Gasteiger partial charge >= 0.3 is 0 Å². The van der Waals surface area contributed by atoms with Gasteiger partial charge in [-0.15, -0.1) is 0 Å². The van der Waals surface area contributed by atoms with E-state index >= 15 is 0 Å². The molecule has 2 aliphatic heterocycles. The van der Waals surface area contributed by atoms with Crippen molar-refractivity contribution in [3.8, 4) is 5.75 Å². The second-order valence-electron chi connectivity index (χ2n) is 5.59. The summed E-state index contributed by atoms with van der Waals surface area (Å²) in [7, 11) is 0. The molecule has 1 saturated heterocycles. The number of benzene rings is 1. The second kappa shape index (κ2) is 6.45. The molecule has 3 rings (SSSR count). The van der Waals surface area contributed by atoms with Crippen molar-refractivity contribution in [2.75, 3.05) is 26.3 Å². The molecule has 5 nitrogen and oxygen atoms in total. The molecular formula is C16H22N2O3. The Hall–Kier alpha value is -1.59. The first kappa shape index (κ1) is 14.4.